The van der Waals surface area contributed by atoms with E-state index < -0.39 is 5.54 Å². The van der Waals surface area contributed by atoms with Gasteiger partial charge in [0.15, 0.2) is 0 Å². The second-order valence-electron chi connectivity index (χ2n) is 8.07. The third-order valence-corrected chi connectivity index (χ3v) is 6.35. The van der Waals surface area contributed by atoms with E-state index in [1.165, 1.54) is 4.90 Å². The molecule has 4 rings (SSSR count). The molecule has 0 aliphatic carbocycles. The van der Waals surface area contributed by atoms with E-state index >= 15 is 0 Å². The van der Waals surface area contributed by atoms with Crippen LogP contribution in [0.3, 0.4) is 0 Å². The summed E-state index contributed by atoms with van der Waals surface area (Å²) in [5.74, 6) is 0.759. The van der Waals surface area contributed by atoms with E-state index in [2.05, 4.69) is 22.0 Å². The maximum absolute atomic E-state index is 13.3. The van der Waals surface area contributed by atoms with Gasteiger partial charge in [-0.2, -0.15) is 0 Å². The Kier molecular flexibility index (Phi) is 6.04. The summed E-state index contributed by atoms with van der Waals surface area (Å²) in [6.07, 6.45) is 8.84. The van der Waals surface area contributed by atoms with Gasteiger partial charge in [0.05, 0.1) is 13.7 Å². The molecule has 2 saturated heterocycles. The van der Waals surface area contributed by atoms with Gasteiger partial charge >= 0.3 is 6.03 Å². The first-order valence-corrected chi connectivity index (χ1v) is 10.6. The molecule has 0 bridgehead atoms. The summed E-state index contributed by atoms with van der Waals surface area (Å²) in [5.41, 5.74) is 1.16. The van der Waals surface area contributed by atoms with Crippen LogP contribution in [0.2, 0.25) is 0 Å². The fourth-order valence-electron chi connectivity index (χ4n) is 4.45. The standard InChI is InChI=1S/C24H28N4O3/c1-26-23(30)28(18-19-7-5-13-25-17-19)22(29)24(26)11-15-27(16-12-24)14-6-9-20-8-3-4-10-21(20)31-2/h3-10,13,17H,11-12,14-16,18H2,1-2H3. The van der Waals surface area contributed by atoms with Crippen molar-refractivity contribution in [1.82, 2.24) is 19.7 Å². The van der Waals surface area contributed by atoms with Crippen LogP contribution in [0, 0.1) is 0 Å². The number of amides is 3. The predicted molar refractivity (Wildman–Crippen MR) is 118 cm³/mol. The average Bonchev–Trinajstić information content (AvgIpc) is 2.97. The van der Waals surface area contributed by atoms with Gasteiger partial charge in [0.2, 0.25) is 0 Å². The first kappa shape index (κ1) is 21.1. The van der Waals surface area contributed by atoms with E-state index in [4.69, 9.17) is 4.74 Å². The highest BCUT2D eigenvalue weighted by atomic mass is 16.5. The summed E-state index contributed by atoms with van der Waals surface area (Å²) in [5, 5.41) is 0. The Morgan fingerprint density at radius 1 is 1.13 bits per heavy atom. The summed E-state index contributed by atoms with van der Waals surface area (Å²) in [7, 11) is 3.42. The minimum absolute atomic E-state index is 0.0898. The number of likely N-dealkylation sites (N-methyl/N-ethyl adjacent to an activating group) is 1. The number of hydrogen-bond donors (Lipinski definition) is 0. The Balaban J connectivity index is 1.38. The zero-order chi connectivity index (χ0) is 21.8. The number of hydrogen-bond acceptors (Lipinski definition) is 5. The van der Waals surface area contributed by atoms with Gasteiger partial charge in [-0.1, -0.05) is 36.4 Å². The van der Waals surface area contributed by atoms with Gasteiger partial charge < -0.3 is 9.64 Å². The summed E-state index contributed by atoms with van der Waals surface area (Å²) >= 11 is 0. The Labute approximate surface area is 182 Å². The van der Waals surface area contributed by atoms with Crippen molar-refractivity contribution in [2.45, 2.75) is 24.9 Å². The van der Waals surface area contributed by atoms with E-state index in [1.54, 1.807) is 31.5 Å². The molecule has 7 nitrogen and oxygen atoms in total. The molecule has 3 amide bonds. The van der Waals surface area contributed by atoms with E-state index in [0.717, 1.165) is 36.5 Å². The van der Waals surface area contributed by atoms with Crippen LogP contribution < -0.4 is 4.74 Å². The molecule has 162 valence electrons. The van der Waals surface area contributed by atoms with Gasteiger partial charge in [-0.15, -0.1) is 0 Å². The number of nitrogens with zero attached hydrogens (tertiary/aromatic N) is 4. The predicted octanol–water partition coefficient (Wildman–Crippen LogP) is 3.03. The van der Waals surface area contributed by atoms with Crippen molar-refractivity contribution in [3.63, 3.8) is 0 Å². The maximum atomic E-state index is 13.3. The van der Waals surface area contributed by atoms with E-state index in [9.17, 15) is 9.59 Å². The van der Waals surface area contributed by atoms with Crippen LogP contribution in [0.5, 0.6) is 5.75 Å². The number of carbonyl (C=O) groups excluding carboxylic acids is 2. The molecule has 0 unspecified atom stereocenters. The molecule has 1 aromatic carbocycles. The van der Waals surface area contributed by atoms with Gasteiger partial charge in [0, 0.05) is 44.6 Å². The normalized spacial score (nSPS) is 19.0. The molecular weight excluding hydrogens is 392 g/mol. The first-order valence-electron chi connectivity index (χ1n) is 10.6. The van der Waals surface area contributed by atoms with Crippen molar-refractivity contribution in [1.29, 1.82) is 0 Å². The topological polar surface area (TPSA) is 66.0 Å². The minimum Gasteiger partial charge on any atom is -0.496 e. The van der Waals surface area contributed by atoms with Crippen LogP contribution >= 0.6 is 0 Å². The molecule has 0 saturated carbocycles. The lowest BCUT2D eigenvalue weighted by Crippen LogP contribution is -2.55. The monoisotopic (exact) mass is 420 g/mol. The molecule has 0 radical (unpaired) electrons. The molecule has 0 N–H and O–H groups in total. The van der Waals surface area contributed by atoms with Gasteiger partial charge in [-0.3, -0.25) is 19.6 Å². The number of imide groups is 1. The van der Waals surface area contributed by atoms with Crippen LogP contribution in [-0.2, 0) is 11.3 Å². The lowest BCUT2D eigenvalue weighted by Gasteiger charge is -2.40. The van der Waals surface area contributed by atoms with Crippen LogP contribution in [0.25, 0.3) is 6.08 Å². The van der Waals surface area contributed by atoms with E-state index in [0.29, 0.717) is 12.8 Å². The summed E-state index contributed by atoms with van der Waals surface area (Å²) < 4.78 is 5.39. The van der Waals surface area contributed by atoms with Gasteiger partial charge in [-0.25, -0.2) is 4.79 Å². The molecule has 2 aliphatic heterocycles. The average molecular weight is 421 g/mol. The van der Waals surface area contributed by atoms with E-state index in [-0.39, 0.29) is 18.5 Å². The molecule has 1 aromatic heterocycles. The van der Waals surface area contributed by atoms with Crippen LogP contribution in [-0.4, -0.2) is 71.0 Å². The number of methoxy groups -OCH3 is 1. The number of piperidine rings is 1. The number of para-hydroxylation sites is 1. The zero-order valence-electron chi connectivity index (χ0n) is 18.0. The molecule has 7 heteroatoms. The van der Waals surface area contributed by atoms with Gasteiger partial charge in [0.25, 0.3) is 5.91 Å². The minimum atomic E-state index is -0.734. The fourth-order valence-corrected chi connectivity index (χ4v) is 4.45. The van der Waals surface area contributed by atoms with Gasteiger partial charge in [-0.05, 0) is 30.5 Å². The van der Waals surface area contributed by atoms with Crippen molar-refractivity contribution < 1.29 is 14.3 Å². The number of rotatable bonds is 6. The molecule has 1 spiro atoms. The quantitative estimate of drug-likeness (QED) is 0.672. The third kappa shape index (κ3) is 4.05. The summed E-state index contributed by atoms with van der Waals surface area (Å²) in [6.45, 7) is 2.59. The molecular formula is C24H28N4O3. The Morgan fingerprint density at radius 2 is 1.90 bits per heavy atom. The number of pyridine rings is 1. The van der Waals surface area contributed by atoms with Crippen LogP contribution in [0.4, 0.5) is 4.79 Å². The number of urea groups is 1. The molecule has 2 aliphatic rings. The van der Waals surface area contributed by atoms with E-state index in [1.807, 2.05) is 36.4 Å². The second-order valence-corrected chi connectivity index (χ2v) is 8.07. The Hall–Kier alpha value is -3.19. The Bertz CT molecular complexity index is 968. The first-order chi connectivity index (χ1) is 15.0. The maximum Gasteiger partial charge on any atom is 0.327 e. The lowest BCUT2D eigenvalue weighted by molar-refractivity contribution is -0.135. The largest absolute Gasteiger partial charge is 0.496 e. The molecule has 0 atom stereocenters. The lowest BCUT2D eigenvalue weighted by atomic mass is 9.86. The van der Waals surface area contributed by atoms with Crippen LogP contribution in [0.1, 0.15) is 24.0 Å². The highest BCUT2D eigenvalue weighted by Gasteiger charge is 2.56. The number of ether oxygens (including phenoxy) is 1. The van der Waals surface area contributed by atoms with Crippen LogP contribution in [0.15, 0.2) is 54.9 Å². The van der Waals surface area contributed by atoms with Gasteiger partial charge in [0.1, 0.15) is 11.3 Å². The van der Waals surface area contributed by atoms with Crippen molar-refractivity contribution in [2.24, 2.45) is 0 Å². The summed E-state index contributed by atoms with van der Waals surface area (Å²) in [6, 6.07) is 11.4. The Morgan fingerprint density at radius 3 is 2.61 bits per heavy atom. The van der Waals surface area contributed by atoms with Crippen molar-refractivity contribution in [2.75, 3.05) is 33.8 Å². The number of likely N-dealkylation sites (tertiary alicyclic amines) is 1. The number of benzene rings is 1. The third-order valence-electron chi connectivity index (χ3n) is 6.35. The summed E-state index contributed by atoms with van der Waals surface area (Å²) in [4.78, 5) is 35.5. The highest BCUT2D eigenvalue weighted by Crippen LogP contribution is 2.36. The van der Waals surface area contributed by atoms with Crippen molar-refractivity contribution in [3.05, 3.63) is 66.0 Å². The molecule has 2 aromatic rings. The number of carbonyl (C=O) groups is 2. The molecule has 31 heavy (non-hydrogen) atoms. The molecule has 2 fully saturated rings. The van der Waals surface area contributed by atoms with Crippen molar-refractivity contribution in [3.8, 4) is 5.75 Å². The second kappa shape index (κ2) is 8.89. The molecule has 3 heterocycles. The smallest absolute Gasteiger partial charge is 0.327 e. The SMILES string of the molecule is COc1ccccc1C=CCN1CCC2(CC1)C(=O)N(Cc1cccnc1)C(=O)N2C. The van der Waals surface area contributed by atoms with Crippen molar-refractivity contribution >= 4 is 18.0 Å². The fraction of sp³-hybridized carbons (Fsp3) is 0.375. The zero-order valence-corrected chi connectivity index (χ0v) is 18.0. The number of aromatic nitrogens is 1. The highest BCUT2D eigenvalue weighted by molar-refractivity contribution is 6.06.